The van der Waals surface area contributed by atoms with Crippen molar-refractivity contribution in [3.8, 4) is 0 Å². The first-order valence-corrected chi connectivity index (χ1v) is 8.52. The number of aryl methyl sites for hydroxylation is 1. The third kappa shape index (κ3) is 4.17. The Morgan fingerprint density at radius 1 is 1.25 bits per heavy atom. The lowest BCUT2D eigenvalue weighted by molar-refractivity contribution is -0.130. The number of hydrogen-bond donors (Lipinski definition) is 0. The van der Waals surface area contributed by atoms with E-state index < -0.39 is 0 Å². The van der Waals surface area contributed by atoms with E-state index in [9.17, 15) is 4.79 Å². The van der Waals surface area contributed by atoms with Crippen LogP contribution < -0.4 is 0 Å². The molecule has 7 nitrogen and oxygen atoms in total. The van der Waals surface area contributed by atoms with Crippen molar-refractivity contribution < 1.29 is 4.79 Å². The summed E-state index contributed by atoms with van der Waals surface area (Å²) in [6.45, 7) is 7.12. The molecule has 128 valence electrons. The minimum absolute atomic E-state index is 0.182. The van der Waals surface area contributed by atoms with Crippen molar-refractivity contribution in [1.82, 2.24) is 29.5 Å². The van der Waals surface area contributed by atoms with Gasteiger partial charge in [0.2, 0.25) is 5.91 Å². The Kier molecular flexibility index (Phi) is 5.53. The quantitative estimate of drug-likeness (QED) is 0.818. The summed E-state index contributed by atoms with van der Waals surface area (Å²) in [4.78, 5) is 25.2. The number of hydrogen-bond acceptors (Lipinski definition) is 5. The van der Waals surface area contributed by atoms with Gasteiger partial charge in [0, 0.05) is 45.1 Å². The molecule has 2 aromatic rings. The Morgan fingerprint density at radius 3 is 2.96 bits per heavy atom. The summed E-state index contributed by atoms with van der Waals surface area (Å²) >= 11 is 0. The smallest absolute Gasteiger partial charge is 0.227 e. The molecule has 0 aliphatic carbocycles. The molecule has 0 unspecified atom stereocenters. The Morgan fingerprint density at radius 2 is 2.17 bits per heavy atom. The predicted octanol–water partition coefficient (Wildman–Crippen LogP) is 0.970. The van der Waals surface area contributed by atoms with E-state index in [2.05, 4.69) is 26.9 Å². The SMILES string of the molecule is CCn1ncnc1CN1CCCN(C(=O)Cc2cccnc2)CC1. The molecule has 1 fully saturated rings. The molecule has 0 spiro atoms. The van der Waals surface area contributed by atoms with Crippen LogP contribution in [0, 0.1) is 0 Å². The maximum absolute atomic E-state index is 12.5. The predicted molar refractivity (Wildman–Crippen MR) is 90.1 cm³/mol. The fourth-order valence-corrected chi connectivity index (χ4v) is 3.04. The van der Waals surface area contributed by atoms with Crippen LogP contribution in [0.15, 0.2) is 30.9 Å². The molecule has 3 rings (SSSR count). The van der Waals surface area contributed by atoms with Gasteiger partial charge in [-0.05, 0) is 25.0 Å². The minimum Gasteiger partial charge on any atom is -0.341 e. The van der Waals surface area contributed by atoms with E-state index in [1.807, 2.05) is 21.7 Å². The number of amides is 1. The van der Waals surface area contributed by atoms with Gasteiger partial charge >= 0.3 is 0 Å². The van der Waals surface area contributed by atoms with Gasteiger partial charge in [-0.1, -0.05) is 6.07 Å². The normalized spacial score (nSPS) is 16.1. The molecule has 1 saturated heterocycles. The van der Waals surface area contributed by atoms with Crippen LogP contribution in [-0.4, -0.2) is 61.6 Å². The van der Waals surface area contributed by atoms with E-state index in [0.717, 1.165) is 57.1 Å². The van der Waals surface area contributed by atoms with Crippen LogP contribution in [0.3, 0.4) is 0 Å². The Hall–Kier alpha value is -2.28. The van der Waals surface area contributed by atoms with Crippen molar-refractivity contribution >= 4 is 5.91 Å². The second-order valence-electron chi connectivity index (χ2n) is 6.04. The summed E-state index contributed by atoms with van der Waals surface area (Å²) in [5.41, 5.74) is 0.972. The van der Waals surface area contributed by atoms with E-state index in [0.29, 0.717) is 6.42 Å². The molecule has 0 saturated carbocycles. The van der Waals surface area contributed by atoms with E-state index in [4.69, 9.17) is 0 Å². The lowest BCUT2D eigenvalue weighted by Crippen LogP contribution is -2.36. The third-order valence-corrected chi connectivity index (χ3v) is 4.38. The monoisotopic (exact) mass is 328 g/mol. The van der Waals surface area contributed by atoms with Crippen molar-refractivity contribution in [1.29, 1.82) is 0 Å². The number of carbonyl (C=O) groups excluding carboxylic acids is 1. The molecule has 3 heterocycles. The van der Waals surface area contributed by atoms with Gasteiger partial charge in [0.25, 0.3) is 0 Å². The first-order chi connectivity index (χ1) is 11.8. The highest BCUT2D eigenvalue weighted by atomic mass is 16.2. The van der Waals surface area contributed by atoms with Gasteiger partial charge in [0.1, 0.15) is 12.2 Å². The Bertz CT molecular complexity index is 656. The van der Waals surface area contributed by atoms with Gasteiger partial charge in [0.15, 0.2) is 0 Å². The Balaban J connectivity index is 1.54. The lowest BCUT2D eigenvalue weighted by atomic mass is 10.2. The lowest BCUT2D eigenvalue weighted by Gasteiger charge is -2.22. The van der Waals surface area contributed by atoms with E-state index in [-0.39, 0.29) is 5.91 Å². The highest BCUT2D eigenvalue weighted by Crippen LogP contribution is 2.09. The summed E-state index contributed by atoms with van der Waals surface area (Å²) in [7, 11) is 0. The third-order valence-electron chi connectivity index (χ3n) is 4.38. The molecule has 0 atom stereocenters. The molecular weight excluding hydrogens is 304 g/mol. The summed E-state index contributed by atoms with van der Waals surface area (Å²) in [5.74, 6) is 1.18. The van der Waals surface area contributed by atoms with Gasteiger partial charge in [-0.3, -0.25) is 14.7 Å². The molecular formula is C17H24N6O. The van der Waals surface area contributed by atoms with Crippen LogP contribution in [0.5, 0.6) is 0 Å². The average Bonchev–Trinajstić information content (AvgIpc) is 2.91. The number of rotatable bonds is 5. The standard InChI is InChI=1S/C17H24N6O/c1-2-23-16(19-14-20-23)13-21-7-4-8-22(10-9-21)17(24)11-15-5-3-6-18-12-15/h3,5-6,12,14H,2,4,7-11,13H2,1H3. The fraction of sp³-hybridized carbons (Fsp3) is 0.529. The highest BCUT2D eigenvalue weighted by molar-refractivity contribution is 5.78. The van der Waals surface area contributed by atoms with Gasteiger partial charge in [-0.25, -0.2) is 9.67 Å². The maximum Gasteiger partial charge on any atom is 0.227 e. The maximum atomic E-state index is 12.5. The van der Waals surface area contributed by atoms with Crippen molar-refractivity contribution in [3.63, 3.8) is 0 Å². The van der Waals surface area contributed by atoms with Crippen molar-refractivity contribution in [2.24, 2.45) is 0 Å². The molecule has 1 amide bonds. The second-order valence-corrected chi connectivity index (χ2v) is 6.04. The van der Waals surface area contributed by atoms with Crippen LogP contribution in [0.4, 0.5) is 0 Å². The van der Waals surface area contributed by atoms with Crippen molar-refractivity contribution in [2.45, 2.75) is 32.9 Å². The molecule has 1 aliphatic heterocycles. The number of carbonyl (C=O) groups is 1. The zero-order valence-electron chi connectivity index (χ0n) is 14.1. The van der Waals surface area contributed by atoms with Crippen molar-refractivity contribution in [2.75, 3.05) is 26.2 Å². The molecule has 0 N–H and O–H groups in total. The van der Waals surface area contributed by atoms with Gasteiger partial charge in [-0.15, -0.1) is 0 Å². The van der Waals surface area contributed by atoms with Crippen LogP contribution >= 0.6 is 0 Å². The summed E-state index contributed by atoms with van der Waals surface area (Å²) in [6, 6.07) is 3.82. The fourth-order valence-electron chi connectivity index (χ4n) is 3.04. The van der Waals surface area contributed by atoms with Gasteiger partial charge in [-0.2, -0.15) is 5.10 Å². The van der Waals surface area contributed by atoms with E-state index in [1.54, 1.807) is 18.7 Å². The minimum atomic E-state index is 0.182. The van der Waals surface area contributed by atoms with Crippen molar-refractivity contribution in [3.05, 3.63) is 42.2 Å². The summed E-state index contributed by atoms with van der Waals surface area (Å²) < 4.78 is 1.93. The van der Waals surface area contributed by atoms with Crippen LogP contribution in [0.2, 0.25) is 0 Å². The van der Waals surface area contributed by atoms with Gasteiger partial charge < -0.3 is 4.90 Å². The second kappa shape index (κ2) is 8.01. The molecule has 7 heteroatoms. The van der Waals surface area contributed by atoms with E-state index in [1.165, 1.54) is 0 Å². The zero-order valence-corrected chi connectivity index (χ0v) is 14.1. The van der Waals surface area contributed by atoms with Crippen LogP contribution in [0.25, 0.3) is 0 Å². The molecule has 24 heavy (non-hydrogen) atoms. The molecule has 0 bridgehead atoms. The largest absolute Gasteiger partial charge is 0.341 e. The zero-order chi connectivity index (χ0) is 16.8. The Labute approximate surface area is 142 Å². The highest BCUT2D eigenvalue weighted by Gasteiger charge is 2.20. The number of nitrogens with zero attached hydrogens (tertiary/aromatic N) is 6. The molecule has 2 aromatic heterocycles. The number of pyridine rings is 1. The van der Waals surface area contributed by atoms with E-state index >= 15 is 0 Å². The van der Waals surface area contributed by atoms with Gasteiger partial charge in [0.05, 0.1) is 13.0 Å². The first kappa shape index (κ1) is 16.6. The van der Waals surface area contributed by atoms with Crippen LogP contribution in [-0.2, 0) is 24.3 Å². The molecule has 0 aromatic carbocycles. The molecule has 0 radical (unpaired) electrons. The van der Waals surface area contributed by atoms with Crippen LogP contribution in [0.1, 0.15) is 24.7 Å². The summed E-state index contributed by atoms with van der Waals surface area (Å²) in [6.07, 6.45) is 6.52. The first-order valence-electron chi connectivity index (χ1n) is 8.52. The average molecular weight is 328 g/mol. The summed E-state index contributed by atoms with van der Waals surface area (Å²) in [5, 5.41) is 4.22. The molecule has 1 aliphatic rings. The number of aromatic nitrogens is 4. The topological polar surface area (TPSA) is 67.2 Å².